The van der Waals surface area contributed by atoms with Gasteiger partial charge >= 0.3 is 5.97 Å². The van der Waals surface area contributed by atoms with Crippen molar-refractivity contribution in [2.24, 2.45) is 23.7 Å². The van der Waals surface area contributed by atoms with Crippen LogP contribution in [0.1, 0.15) is 65.7 Å². The number of anilines is 1. The highest BCUT2D eigenvalue weighted by Gasteiger charge is 2.51. The molecule has 1 heterocycles. The highest BCUT2D eigenvalue weighted by atomic mass is 32.1. The summed E-state index contributed by atoms with van der Waals surface area (Å²) in [4.78, 5) is 39.3. The molecule has 2 amide bonds. The molecule has 2 bridgehead atoms. The van der Waals surface area contributed by atoms with Crippen LogP contribution in [0.5, 0.6) is 0 Å². The molecule has 5 rings (SSSR count). The highest BCUT2D eigenvalue weighted by molar-refractivity contribution is 7.17. The molecule has 4 aliphatic rings. The maximum Gasteiger partial charge on any atom is 0.307 e. The standard InChI is InChI=1S/C23H28N2O4S/c26-20(17-12-9-10-13(11-12)18(17)23(28)29)25-22-19(15-7-4-8-16(15)30-22)21(27)24-14-5-2-1-3-6-14/h9-10,12-14,17-18H,1-8,11H2,(H,24,27)(H,25,26)(H,28,29)/t12-,13-,17+,18-/m0/s1. The molecule has 6 nitrogen and oxygen atoms in total. The van der Waals surface area contributed by atoms with Gasteiger partial charge in [0.25, 0.3) is 5.91 Å². The van der Waals surface area contributed by atoms with Crippen LogP contribution in [0.3, 0.4) is 0 Å². The molecule has 0 aliphatic heterocycles. The largest absolute Gasteiger partial charge is 0.481 e. The van der Waals surface area contributed by atoms with Crippen LogP contribution in [0, 0.1) is 23.7 Å². The van der Waals surface area contributed by atoms with E-state index < -0.39 is 17.8 Å². The SMILES string of the molecule is O=C(NC1CCCCC1)c1c(NC(=O)[C@H]2[C@@H](C(=O)O)[C@H]3C=C[C@H]2C3)sc2c1CCC2. The Morgan fingerprint density at radius 2 is 1.70 bits per heavy atom. The number of carboxylic acids is 1. The van der Waals surface area contributed by atoms with Crippen molar-refractivity contribution in [2.75, 3.05) is 5.32 Å². The molecule has 7 heteroatoms. The van der Waals surface area contributed by atoms with Crippen LogP contribution in [0.25, 0.3) is 0 Å². The minimum absolute atomic E-state index is 0.0255. The van der Waals surface area contributed by atoms with Gasteiger partial charge < -0.3 is 15.7 Å². The Kier molecular flexibility index (Phi) is 5.17. The number of thiophene rings is 1. The van der Waals surface area contributed by atoms with Crippen LogP contribution in [-0.4, -0.2) is 28.9 Å². The molecule has 2 saturated carbocycles. The Bertz CT molecular complexity index is 915. The molecule has 0 aromatic carbocycles. The van der Waals surface area contributed by atoms with Gasteiger partial charge in [-0.15, -0.1) is 11.3 Å². The molecule has 1 aromatic rings. The number of nitrogens with one attached hydrogen (secondary N) is 2. The zero-order valence-electron chi connectivity index (χ0n) is 17.0. The molecule has 0 unspecified atom stereocenters. The van der Waals surface area contributed by atoms with Crippen LogP contribution in [0.2, 0.25) is 0 Å². The lowest BCUT2D eigenvalue weighted by atomic mass is 9.82. The predicted molar refractivity (Wildman–Crippen MR) is 115 cm³/mol. The number of carboxylic acid groups (broad SMARTS) is 1. The monoisotopic (exact) mass is 428 g/mol. The number of amides is 2. The molecule has 0 spiro atoms. The summed E-state index contributed by atoms with van der Waals surface area (Å²) in [7, 11) is 0. The number of fused-ring (bicyclic) bond motifs is 3. The van der Waals surface area contributed by atoms with E-state index in [1.807, 2.05) is 12.2 Å². The van der Waals surface area contributed by atoms with Gasteiger partial charge in [-0.25, -0.2) is 0 Å². The molecular weight excluding hydrogens is 400 g/mol. The average molecular weight is 429 g/mol. The first-order valence-electron chi connectivity index (χ1n) is 11.2. The predicted octanol–water partition coefficient (Wildman–Crippen LogP) is 3.76. The first kappa shape index (κ1) is 19.8. The molecule has 160 valence electrons. The normalized spacial score (nSPS) is 29.7. The molecule has 30 heavy (non-hydrogen) atoms. The number of aliphatic carboxylic acids is 1. The van der Waals surface area contributed by atoms with Crippen LogP contribution >= 0.6 is 11.3 Å². The van der Waals surface area contributed by atoms with Crippen molar-refractivity contribution in [3.63, 3.8) is 0 Å². The third-order valence-corrected chi connectivity index (χ3v) is 8.58. The Labute approximate surface area is 180 Å². The summed E-state index contributed by atoms with van der Waals surface area (Å²) in [5, 5.41) is 16.5. The van der Waals surface area contributed by atoms with E-state index >= 15 is 0 Å². The average Bonchev–Trinajstić information content (AvgIpc) is 3.48. The highest BCUT2D eigenvalue weighted by Crippen LogP contribution is 2.49. The summed E-state index contributed by atoms with van der Waals surface area (Å²) in [5.41, 5.74) is 1.70. The molecule has 2 fully saturated rings. The summed E-state index contributed by atoms with van der Waals surface area (Å²) in [6.45, 7) is 0. The fourth-order valence-corrected chi connectivity index (χ4v) is 7.24. The molecule has 3 N–H and O–H groups in total. The van der Waals surface area contributed by atoms with Gasteiger partial charge in [-0.1, -0.05) is 31.4 Å². The van der Waals surface area contributed by atoms with Gasteiger partial charge in [0.1, 0.15) is 5.00 Å². The van der Waals surface area contributed by atoms with E-state index in [0.717, 1.165) is 56.9 Å². The zero-order valence-corrected chi connectivity index (χ0v) is 17.8. The summed E-state index contributed by atoms with van der Waals surface area (Å²) in [5.74, 6) is -2.58. The van der Waals surface area contributed by atoms with E-state index in [-0.39, 0.29) is 29.7 Å². The molecule has 1 aromatic heterocycles. The third kappa shape index (κ3) is 3.37. The Hall–Kier alpha value is -2.15. The van der Waals surface area contributed by atoms with Crippen molar-refractivity contribution in [1.29, 1.82) is 0 Å². The number of allylic oxidation sites excluding steroid dienone is 2. The number of carbonyl (C=O) groups is 3. The quantitative estimate of drug-likeness (QED) is 0.622. The molecule has 4 atom stereocenters. The van der Waals surface area contributed by atoms with Crippen LogP contribution < -0.4 is 10.6 Å². The minimum atomic E-state index is -0.907. The molecule has 0 saturated heterocycles. The molecular formula is C23H28N2O4S. The Morgan fingerprint density at radius 3 is 2.43 bits per heavy atom. The van der Waals surface area contributed by atoms with Crippen molar-refractivity contribution in [2.45, 2.75) is 63.8 Å². The minimum Gasteiger partial charge on any atom is -0.481 e. The van der Waals surface area contributed by atoms with Gasteiger partial charge in [0.05, 0.1) is 17.4 Å². The number of hydrogen-bond acceptors (Lipinski definition) is 4. The second kappa shape index (κ2) is 7.84. The summed E-state index contributed by atoms with van der Waals surface area (Å²) in [6.07, 6.45) is 13.0. The van der Waals surface area contributed by atoms with Crippen molar-refractivity contribution in [1.82, 2.24) is 5.32 Å². The second-order valence-electron chi connectivity index (χ2n) is 9.20. The molecule has 4 aliphatic carbocycles. The summed E-state index contributed by atoms with van der Waals surface area (Å²) >= 11 is 1.50. The number of hydrogen-bond donors (Lipinski definition) is 3. The van der Waals surface area contributed by atoms with E-state index in [1.165, 1.54) is 22.6 Å². The number of carbonyl (C=O) groups excluding carboxylic acids is 2. The molecule has 0 radical (unpaired) electrons. The van der Waals surface area contributed by atoms with E-state index in [9.17, 15) is 19.5 Å². The lowest BCUT2D eigenvalue weighted by Crippen LogP contribution is -2.38. The fourth-order valence-electron chi connectivity index (χ4n) is 5.95. The lowest BCUT2D eigenvalue weighted by Gasteiger charge is -2.24. The lowest BCUT2D eigenvalue weighted by molar-refractivity contribution is -0.146. The van der Waals surface area contributed by atoms with E-state index in [2.05, 4.69) is 10.6 Å². The Balaban J connectivity index is 1.38. The van der Waals surface area contributed by atoms with Gasteiger partial charge in [0, 0.05) is 10.9 Å². The van der Waals surface area contributed by atoms with Crippen LogP contribution in [0.15, 0.2) is 12.2 Å². The maximum atomic E-state index is 13.2. The van der Waals surface area contributed by atoms with Crippen molar-refractivity contribution in [3.05, 3.63) is 28.2 Å². The smallest absolute Gasteiger partial charge is 0.307 e. The van der Waals surface area contributed by atoms with Crippen LogP contribution in [-0.2, 0) is 22.4 Å². The first-order valence-corrected chi connectivity index (χ1v) is 12.0. The fraction of sp³-hybridized carbons (Fsp3) is 0.609. The van der Waals surface area contributed by atoms with Gasteiger partial charge in [0.2, 0.25) is 5.91 Å². The van der Waals surface area contributed by atoms with Gasteiger partial charge in [-0.2, -0.15) is 0 Å². The topological polar surface area (TPSA) is 95.5 Å². The number of rotatable bonds is 5. The third-order valence-electron chi connectivity index (χ3n) is 7.37. The van der Waals surface area contributed by atoms with Gasteiger partial charge in [0.15, 0.2) is 0 Å². The van der Waals surface area contributed by atoms with E-state index in [0.29, 0.717) is 10.6 Å². The zero-order chi connectivity index (χ0) is 20.8. The van der Waals surface area contributed by atoms with Crippen molar-refractivity contribution >= 4 is 34.1 Å². The van der Waals surface area contributed by atoms with E-state index in [1.54, 1.807) is 0 Å². The summed E-state index contributed by atoms with van der Waals surface area (Å²) in [6, 6.07) is 0.207. The van der Waals surface area contributed by atoms with E-state index in [4.69, 9.17) is 0 Å². The van der Waals surface area contributed by atoms with Gasteiger partial charge in [-0.05, 0) is 55.9 Å². The first-order chi connectivity index (χ1) is 14.5. The summed E-state index contributed by atoms with van der Waals surface area (Å²) < 4.78 is 0. The Morgan fingerprint density at radius 1 is 0.967 bits per heavy atom. The number of aryl methyl sites for hydroxylation is 1. The second-order valence-corrected chi connectivity index (χ2v) is 10.3. The van der Waals surface area contributed by atoms with Crippen molar-refractivity contribution < 1.29 is 19.5 Å². The van der Waals surface area contributed by atoms with Gasteiger partial charge in [-0.3, -0.25) is 14.4 Å². The van der Waals surface area contributed by atoms with Crippen molar-refractivity contribution in [3.8, 4) is 0 Å². The maximum absolute atomic E-state index is 13.2. The van der Waals surface area contributed by atoms with Crippen LogP contribution in [0.4, 0.5) is 5.00 Å².